The summed E-state index contributed by atoms with van der Waals surface area (Å²) in [6.07, 6.45) is 6.30. The van der Waals surface area contributed by atoms with Crippen molar-refractivity contribution in [1.29, 1.82) is 0 Å². The van der Waals surface area contributed by atoms with E-state index in [0.29, 0.717) is 12.6 Å². The van der Waals surface area contributed by atoms with Crippen LogP contribution >= 0.6 is 11.8 Å². The van der Waals surface area contributed by atoms with Crippen LogP contribution in [0.15, 0.2) is 6.33 Å². The summed E-state index contributed by atoms with van der Waals surface area (Å²) in [5, 5.41) is 10.7. The van der Waals surface area contributed by atoms with Gasteiger partial charge in [-0.25, -0.2) is 9.67 Å². The predicted octanol–water partition coefficient (Wildman–Crippen LogP) is 1.22. The molecule has 1 amide bonds. The zero-order chi connectivity index (χ0) is 14.7. The van der Waals surface area contributed by atoms with Gasteiger partial charge in [0, 0.05) is 17.8 Å². The highest BCUT2D eigenvalue weighted by atomic mass is 32.2. The Morgan fingerprint density at radius 1 is 1.62 bits per heavy atom. The van der Waals surface area contributed by atoms with Gasteiger partial charge in [-0.05, 0) is 44.9 Å². The molecule has 0 aromatic carbocycles. The van der Waals surface area contributed by atoms with Crippen molar-refractivity contribution in [3.63, 3.8) is 0 Å². The van der Waals surface area contributed by atoms with E-state index in [-0.39, 0.29) is 16.5 Å². The topological polar surface area (TPSA) is 71.8 Å². The third kappa shape index (κ3) is 3.58. The molecule has 0 aliphatic carbocycles. The molecule has 2 fully saturated rings. The van der Waals surface area contributed by atoms with E-state index in [4.69, 9.17) is 0 Å². The van der Waals surface area contributed by atoms with Crippen LogP contribution in [0.4, 0.5) is 0 Å². The number of hydrogen-bond donors (Lipinski definition) is 2. The van der Waals surface area contributed by atoms with Crippen molar-refractivity contribution in [2.75, 3.05) is 25.4 Å². The van der Waals surface area contributed by atoms with Gasteiger partial charge in [-0.1, -0.05) is 0 Å². The summed E-state index contributed by atoms with van der Waals surface area (Å²) < 4.78 is 2.00. The van der Waals surface area contributed by atoms with E-state index >= 15 is 0 Å². The van der Waals surface area contributed by atoms with Gasteiger partial charge in [0.25, 0.3) is 5.91 Å². The van der Waals surface area contributed by atoms with E-state index in [1.165, 1.54) is 12.2 Å². The molecule has 2 N–H and O–H groups in total. The molecule has 1 aromatic rings. The molecule has 6 nitrogen and oxygen atoms in total. The average molecular weight is 309 g/mol. The molecule has 3 heterocycles. The van der Waals surface area contributed by atoms with Crippen molar-refractivity contribution in [2.45, 2.75) is 43.4 Å². The molecule has 2 saturated heterocycles. The van der Waals surface area contributed by atoms with E-state index in [9.17, 15) is 4.79 Å². The fraction of sp³-hybridized carbons (Fsp3) is 0.786. The highest BCUT2D eigenvalue weighted by molar-refractivity contribution is 8.00. The van der Waals surface area contributed by atoms with Crippen LogP contribution in [0.3, 0.4) is 0 Å². The van der Waals surface area contributed by atoms with Gasteiger partial charge in [-0.2, -0.15) is 11.8 Å². The highest BCUT2D eigenvalue weighted by Gasteiger charge is 2.30. The maximum atomic E-state index is 12.2. The molecule has 0 radical (unpaired) electrons. The van der Waals surface area contributed by atoms with Crippen LogP contribution in [0.25, 0.3) is 0 Å². The van der Waals surface area contributed by atoms with E-state index in [1.54, 1.807) is 6.33 Å². The van der Waals surface area contributed by atoms with Gasteiger partial charge in [-0.3, -0.25) is 4.79 Å². The van der Waals surface area contributed by atoms with Gasteiger partial charge in [0.2, 0.25) is 5.82 Å². The lowest BCUT2D eigenvalue weighted by Crippen LogP contribution is -2.37. The van der Waals surface area contributed by atoms with Gasteiger partial charge < -0.3 is 10.6 Å². The van der Waals surface area contributed by atoms with Crippen molar-refractivity contribution in [1.82, 2.24) is 25.4 Å². The molecule has 7 heteroatoms. The number of piperidine rings is 1. The lowest BCUT2D eigenvalue weighted by atomic mass is 10.1. The van der Waals surface area contributed by atoms with Gasteiger partial charge in [-0.15, -0.1) is 5.10 Å². The molecular weight excluding hydrogens is 286 g/mol. The quantitative estimate of drug-likeness (QED) is 0.875. The third-order valence-electron chi connectivity index (χ3n) is 4.28. The van der Waals surface area contributed by atoms with E-state index in [2.05, 4.69) is 27.6 Å². The molecule has 2 aliphatic rings. The normalized spacial score (nSPS) is 29.5. The maximum absolute atomic E-state index is 12.2. The number of carbonyl (C=O) groups excluding carboxylic acids is 1. The fourth-order valence-electron chi connectivity index (χ4n) is 2.94. The second-order valence-corrected chi connectivity index (χ2v) is 7.82. The van der Waals surface area contributed by atoms with Gasteiger partial charge in [0.15, 0.2) is 0 Å². The Labute approximate surface area is 129 Å². The molecule has 0 saturated carbocycles. The lowest BCUT2D eigenvalue weighted by Gasteiger charge is -2.22. The van der Waals surface area contributed by atoms with E-state index in [0.717, 1.165) is 32.4 Å². The SMILES string of the molecule is C[C@@]1(CNC(=O)c2ncn([C@H]3CCCNC3)n2)CCCS1. The zero-order valence-electron chi connectivity index (χ0n) is 12.5. The zero-order valence-corrected chi connectivity index (χ0v) is 13.3. The summed E-state index contributed by atoms with van der Waals surface area (Å²) in [5.41, 5.74) is 0. The number of rotatable bonds is 4. The summed E-state index contributed by atoms with van der Waals surface area (Å²) in [5.74, 6) is 1.31. The third-order valence-corrected chi connectivity index (χ3v) is 5.82. The first-order valence-electron chi connectivity index (χ1n) is 7.70. The van der Waals surface area contributed by atoms with Gasteiger partial charge in [0.05, 0.1) is 6.04 Å². The number of nitrogens with one attached hydrogen (secondary N) is 2. The molecule has 0 bridgehead atoms. The Kier molecular flexibility index (Phi) is 4.49. The predicted molar refractivity (Wildman–Crippen MR) is 83.6 cm³/mol. The highest BCUT2D eigenvalue weighted by Crippen LogP contribution is 2.36. The van der Waals surface area contributed by atoms with E-state index < -0.39 is 0 Å². The van der Waals surface area contributed by atoms with Crippen LogP contribution in [0.5, 0.6) is 0 Å². The van der Waals surface area contributed by atoms with Crippen molar-refractivity contribution in [3.8, 4) is 0 Å². The minimum absolute atomic E-state index is 0.161. The van der Waals surface area contributed by atoms with Crippen LogP contribution in [-0.2, 0) is 0 Å². The molecule has 2 aliphatic heterocycles. The van der Waals surface area contributed by atoms with Crippen LogP contribution in [0.2, 0.25) is 0 Å². The second-order valence-electron chi connectivity index (χ2n) is 6.13. The Bertz CT molecular complexity index is 491. The molecule has 0 spiro atoms. The molecule has 21 heavy (non-hydrogen) atoms. The van der Waals surface area contributed by atoms with Crippen molar-refractivity contribution >= 4 is 17.7 Å². The monoisotopic (exact) mass is 309 g/mol. The number of nitrogens with zero attached hydrogens (tertiary/aromatic N) is 3. The largest absolute Gasteiger partial charge is 0.348 e. The number of thioether (sulfide) groups is 1. The Hall–Kier alpha value is -1.08. The van der Waals surface area contributed by atoms with Crippen LogP contribution in [-0.4, -0.2) is 50.8 Å². The number of amides is 1. The van der Waals surface area contributed by atoms with Crippen LogP contribution in [0.1, 0.15) is 49.3 Å². The summed E-state index contributed by atoms with van der Waals surface area (Å²) in [6.45, 7) is 4.87. The summed E-state index contributed by atoms with van der Waals surface area (Å²) in [6, 6.07) is 0.315. The van der Waals surface area contributed by atoms with Crippen LogP contribution < -0.4 is 10.6 Å². The smallest absolute Gasteiger partial charge is 0.291 e. The standard InChI is InChI=1S/C14H23N5OS/c1-14(5-3-7-21-14)9-16-13(20)12-17-10-19(18-12)11-4-2-6-15-8-11/h10-11,15H,2-9H2,1H3,(H,16,20)/t11-,14-/m0/s1. The first-order valence-corrected chi connectivity index (χ1v) is 8.69. The minimum Gasteiger partial charge on any atom is -0.348 e. The molecule has 116 valence electrons. The average Bonchev–Trinajstić information content (AvgIpc) is 3.16. The number of carbonyl (C=O) groups is 1. The number of aromatic nitrogens is 3. The molecule has 3 rings (SSSR count). The second kappa shape index (κ2) is 6.36. The van der Waals surface area contributed by atoms with Crippen molar-refractivity contribution in [3.05, 3.63) is 12.2 Å². The summed E-state index contributed by atoms with van der Waals surface area (Å²) in [7, 11) is 0. The lowest BCUT2D eigenvalue weighted by molar-refractivity contribution is 0.0939. The maximum Gasteiger partial charge on any atom is 0.291 e. The summed E-state index contributed by atoms with van der Waals surface area (Å²) in [4.78, 5) is 16.3. The van der Waals surface area contributed by atoms with Crippen LogP contribution in [0, 0.1) is 0 Å². The van der Waals surface area contributed by atoms with Crippen molar-refractivity contribution < 1.29 is 4.79 Å². The summed E-state index contributed by atoms with van der Waals surface area (Å²) >= 11 is 1.94. The Balaban J connectivity index is 1.56. The van der Waals surface area contributed by atoms with E-state index in [1.807, 2.05) is 16.4 Å². The fourth-order valence-corrected chi connectivity index (χ4v) is 4.18. The minimum atomic E-state index is -0.161. The van der Waals surface area contributed by atoms with Crippen molar-refractivity contribution in [2.24, 2.45) is 0 Å². The molecule has 1 aromatic heterocycles. The molecule has 0 unspecified atom stereocenters. The molecule has 2 atom stereocenters. The molecular formula is C14H23N5OS. The first kappa shape index (κ1) is 14.8. The van der Waals surface area contributed by atoms with Gasteiger partial charge in [0.1, 0.15) is 6.33 Å². The first-order chi connectivity index (χ1) is 10.2. The Morgan fingerprint density at radius 2 is 2.52 bits per heavy atom. The number of hydrogen-bond acceptors (Lipinski definition) is 5. The Morgan fingerprint density at radius 3 is 3.24 bits per heavy atom. The van der Waals surface area contributed by atoms with Gasteiger partial charge >= 0.3 is 0 Å².